The van der Waals surface area contributed by atoms with E-state index in [0.29, 0.717) is 12.1 Å². The lowest BCUT2D eigenvalue weighted by Crippen LogP contribution is -2.29. The number of amidine groups is 1. The zero-order valence-corrected chi connectivity index (χ0v) is 15.7. The maximum absolute atomic E-state index is 12.5. The van der Waals surface area contributed by atoms with Crippen LogP contribution in [0.15, 0.2) is 33.6 Å². The van der Waals surface area contributed by atoms with E-state index in [1.54, 1.807) is 29.5 Å². The summed E-state index contributed by atoms with van der Waals surface area (Å²) >= 11 is 1.62. The molecule has 2 aliphatic rings. The molecule has 4 rings (SSSR count). The van der Waals surface area contributed by atoms with Crippen molar-refractivity contribution in [2.45, 2.75) is 37.0 Å². The summed E-state index contributed by atoms with van der Waals surface area (Å²) in [6, 6.07) is 6.49. The molecule has 2 heterocycles. The van der Waals surface area contributed by atoms with Crippen LogP contribution in [0.1, 0.15) is 34.3 Å². The number of hydrogen-bond donors (Lipinski definition) is 1. The molecular weight excluding hydrogens is 374 g/mol. The molecule has 1 unspecified atom stereocenters. The van der Waals surface area contributed by atoms with E-state index in [-0.39, 0.29) is 17.3 Å². The van der Waals surface area contributed by atoms with Crippen LogP contribution >= 0.6 is 11.3 Å². The molecule has 0 spiro atoms. The van der Waals surface area contributed by atoms with Gasteiger partial charge in [0.2, 0.25) is 0 Å². The summed E-state index contributed by atoms with van der Waals surface area (Å²) in [5.74, 6) is -0.684. The second-order valence-corrected chi connectivity index (χ2v) is 9.09. The number of esters is 1. The summed E-state index contributed by atoms with van der Waals surface area (Å²) in [7, 11) is -3.79. The first-order chi connectivity index (χ1) is 12.4. The first kappa shape index (κ1) is 17.2. The lowest BCUT2D eigenvalue weighted by molar-refractivity contribution is -0.144. The Morgan fingerprint density at radius 1 is 1.38 bits per heavy atom. The van der Waals surface area contributed by atoms with E-state index in [1.165, 1.54) is 6.07 Å². The maximum atomic E-state index is 12.5. The van der Waals surface area contributed by atoms with Gasteiger partial charge in [-0.3, -0.25) is 4.79 Å². The van der Waals surface area contributed by atoms with Gasteiger partial charge in [0.15, 0.2) is 5.84 Å². The molecular formula is C17H17N3O4S2. The highest BCUT2D eigenvalue weighted by atomic mass is 32.2. The number of anilines is 1. The Balaban J connectivity index is 1.49. The fraction of sp³-hybridized carbons (Fsp3) is 0.353. The number of fused-ring (bicyclic) bond motifs is 2. The highest BCUT2D eigenvalue weighted by Gasteiger charge is 2.32. The monoisotopic (exact) mass is 391 g/mol. The zero-order valence-electron chi connectivity index (χ0n) is 14.1. The third-order valence-electron chi connectivity index (χ3n) is 4.37. The van der Waals surface area contributed by atoms with Crippen molar-refractivity contribution in [3.8, 4) is 0 Å². The van der Waals surface area contributed by atoms with E-state index in [4.69, 9.17) is 4.74 Å². The minimum absolute atomic E-state index is 0.0996. The molecule has 9 heteroatoms. The van der Waals surface area contributed by atoms with Gasteiger partial charge in [-0.15, -0.1) is 15.7 Å². The van der Waals surface area contributed by atoms with Crippen molar-refractivity contribution in [3.05, 3.63) is 39.8 Å². The molecule has 1 aromatic heterocycles. The van der Waals surface area contributed by atoms with E-state index in [1.807, 2.05) is 6.92 Å². The SMILES string of the molecule is Cc1nc2c(s1)CCCC2C(=O)OCC1=NS(=O)(=O)c2ccccc2N1. The number of nitrogens with one attached hydrogen (secondary N) is 1. The number of thiazole rings is 1. The Bertz CT molecular complexity index is 1010. The molecule has 0 saturated heterocycles. The predicted molar refractivity (Wildman–Crippen MR) is 98.2 cm³/mol. The van der Waals surface area contributed by atoms with Crippen LogP contribution in [0, 0.1) is 6.92 Å². The topological polar surface area (TPSA) is 97.7 Å². The van der Waals surface area contributed by atoms with Crippen molar-refractivity contribution in [2.24, 2.45) is 4.40 Å². The number of hydrogen-bond acceptors (Lipinski definition) is 7. The first-order valence-electron chi connectivity index (χ1n) is 8.27. The Labute approximate surface area is 155 Å². The molecule has 7 nitrogen and oxygen atoms in total. The van der Waals surface area contributed by atoms with Crippen LogP contribution in [0.2, 0.25) is 0 Å². The summed E-state index contributed by atoms with van der Waals surface area (Å²) < 4.78 is 33.5. The molecule has 0 saturated carbocycles. The van der Waals surface area contributed by atoms with Crippen LogP contribution in [0.3, 0.4) is 0 Å². The second-order valence-electron chi connectivity index (χ2n) is 6.23. The number of carbonyl (C=O) groups excluding carboxylic acids is 1. The van der Waals surface area contributed by atoms with E-state index in [9.17, 15) is 13.2 Å². The standard InChI is InChI=1S/C17H17N3O4S2/c1-10-18-16-11(5-4-7-13(16)25-10)17(21)24-9-15-19-12-6-2-3-8-14(12)26(22,23)20-15/h2-3,6,8,11H,4-5,7,9H2,1H3,(H,19,20). The third kappa shape index (κ3) is 3.12. The van der Waals surface area contributed by atoms with Gasteiger partial charge in [-0.2, -0.15) is 8.42 Å². The molecule has 1 aliphatic heterocycles. The van der Waals surface area contributed by atoms with Crippen LogP contribution in [-0.4, -0.2) is 31.8 Å². The lowest BCUT2D eigenvalue weighted by Gasteiger charge is -2.21. The van der Waals surface area contributed by atoms with Crippen LogP contribution in [0.4, 0.5) is 5.69 Å². The summed E-state index contributed by atoms with van der Waals surface area (Å²) in [6.45, 7) is 1.70. The molecule has 1 aromatic carbocycles. The number of rotatable bonds is 3. The Morgan fingerprint density at radius 2 is 2.19 bits per heavy atom. The Kier molecular flexibility index (Phi) is 4.28. The summed E-state index contributed by atoms with van der Waals surface area (Å²) in [4.78, 5) is 18.3. The van der Waals surface area contributed by atoms with Gasteiger partial charge in [0, 0.05) is 4.88 Å². The Hall–Kier alpha value is -2.26. The van der Waals surface area contributed by atoms with E-state index in [0.717, 1.165) is 28.4 Å². The minimum Gasteiger partial charge on any atom is -0.457 e. The number of benzene rings is 1. The van der Waals surface area contributed by atoms with Crippen LogP contribution < -0.4 is 5.32 Å². The van der Waals surface area contributed by atoms with Crippen molar-refractivity contribution >= 4 is 38.9 Å². The number of aromatic nitrogens is 1. The molecule has 26 heavy (non-hydrogen) atoms. The molecule has 136 valence electrons. The molecule has 2 aromatic rings. The maximum Gasteiger partial charge on any atom is 0.315 e. The number of para-hydroxylation sites is 1. The van der Waals surface area contributed by atoms with Crippen molar-refractivity contribution in [3.63, 3.8) is 0 Å². The summed E-state index contributed by atoms with van der Waals surface area (Å²) in [5, 5.41) is 3.85. The predicted octanol–water partition coefficient (Wildman–Crippen LogP) is 2.63. The highest BCUT2D eigenvalue weighted by Crippen LogP contribution is 2.35. The molecule has 1 N–H and O–H groups in total. The number of sulfonamides is 1. The average Bonchev–Trinajstić information content (AvgIpc) is 2.99. The summed E-state index contributed by atoms with van der Waals surface area (Å²) in [5.41, 5.74) is 1.24. The molecule has 1 atom stereocenters. The van der Waals surface area contributed by atoms with Gasteiger partial charge in [-0.05, 0) is 38.3 Å². The van der Waals surface area contributed by atoms with Gasteiger partial charge in [-0.25, -0.2) is 4.98 Å². The number of aryl methyl sites for hydroxylation is 2. The van der Waals surface area contributed by atoms with Gasteiger partial charge in [0.1, 0.15) is 17.4 Å². The number of ether oxygens (including phenoxy) is 1. The second kappa shape index (κ2) is 6.48. The van der Waals surface area contributed by atoms with Gasteiger partial charge in [-0.1, -0.05) is 12.1 Å². The fourth-order valence-corrected chi connectivity index (χ4v) is 5.41. The number of carbonyl (C=O) groups is 1. The smallest absolute Gasteiger partial charge is 0.315 e. The lowest BCUT2D eigenvalue weighted by atomic mass is 9.91. The summed E-state index contributed by atoms with van der Waals surface area (Å²) in [6.07, 6.45) is 2.54. The van der Waals surface area contributed by atoms with Crippen molar-refractivity contribution < 1.29 is 17.9 Å². The Morgan fingerprint density at radius 3 is 3.04 bits per heavy atom. The molecule has 0 bridgehead atoms. The fourth-order valence-electron chi connectivity index (χ4n) is 3.24. The quantitative estimate of drug-likeness (QED) is 0.808. The highest BCUT2D eigenvalue weighted by molar-refractivity contribution is 7.90. The van der Waals surface area contributed by atoms with Gasteiger partial charge in [0.25, 0.3) is 10.0 Å². The minimum atomic E-state index is -3.79. The van der Waals surface area contributed by atoms with E-state index < -0.39 is 21.9 Å². The zero-order chi connectivity index (χ0) is 18.3. The van der Waals surface area contributed by atoms with Gasteiger partial charge >= 0.3 is 5.97 Å². The molecule has 0 radical (unpaired) electrons. The van der Waals surface area contributed by atoms with Crippen LogP contribution in [-0.2, 0) is 26.0 Å². The van der Waals surface area contributed by atoms with Crippen molar-refractivity contribution in [1.29, 1.82) is 0 Å². The molecule has 1 aliphatic carbocycles. The third-order valence-corrected chi connectivity index (χ3v) is 6.79. The van der Waals surface area contributed by atoms with Crippen molar-refractivity contribution in [1.82, 2.24) is 4.98 Å². The van der Waals surface area contributed by atoms with Crippen LogP contribution in [0.25, 0.3) is 0 Å². The van der Waals surface area contributed by atoms with Gasteiger partial charge in [0.05, 0.1) is 16.4 Å². The first-order valence-corrected chi connectivity index (χ1v) is 10.5. The van der Waals surface area contributed by atoms with E-state index >= 15 is 0 Å². The van der Waals surface area contributed by atoms with Crippen LogP contribution in [0.5, 0.6) is 0 Å². The van der Waals surface area contributed by atoms with Gasteiger partial charge < -0.3 is 10.1 Å². The molecule has 0 amide bonds. The molecule has 0 fully saturated rings. The normalized spacial score (nSPS) is 20.3. The number of nitrogens with zero attached hydrogens (tertiary/aromatic N) is 2. The largest absolute Gasteiger partial charge is 0.457 e. The van der Waals surface area contributed by atoms with E-state index in [2.05, 4.69) is 14.7 Å². The average molecular weight is 391 g/mol. The van der Waals surface area contributed by atoms with Crippen molar-refractivity contribution in [2.75, 3.05) is 11.9 Å².